The van der Waals surface area contributed by atoms with Gasteiger partial charge in [0.15, 0.2) is 8.32 Å². The van der Waals surface area contributed by atoms with Crippen LogP contribution >= 0.6 is 7.75 Å². The van der Waals surface area contributed by atoms with Crippen molar-refractivity contribution in [2.24, 2.45) is 0 Å². The van der Waals surface area contributed by atoms with E-state index in [1.807, 2.05) is 45.8 Å². The van der Waals surface area contributed by atoms with E-state index in [2.05, 4.69) is 0 Å². The van der Waals surface area contributed by atoms with Gasteiger partial charge in [0.1, 0.15) is 18.6 Å². The molecule has 0 aliphatic carbocycles. The van der Waals surface area contributed by atoms with E-state index in [4.69, 9.17) is 22.4 Å². The van der Waals surface area contributed by atoms with Crippen LogP contribution in [0.4, 0.5) is 4.39 Å². The molecule has 1 aliphatic heterocycles. The molecule has 2 heterocycles. The number of nitrogens with zero attached hydrogens (tertiary/aromatic N) is 2. The van der Waals surface area contributed by atoms with Crippen LogP contribution < -0.4 is 11.2 Å². The van der Waals surface area contributed by atoms with Crippen molar-refractivity contribution in [3.63, 3.8) is 0 Å². The zero-order chi connectivity index (χ0) is 34.5. The largest absolute Gasteiger partial charge is 0.411 e. The number of likely N-dealkylation sites (N-methyl/N-ethyl adjacent to an activating group) is 1. The van der Waals surface area contributed by atoms with Crippen LogP contribution in [0.5, 0.6) is 0 Å². The van der Waals surface area contributed by atoms with Gasteiger partial charge in [-0.3, -0.25) is 27.6 Å². The first-order chi connectivity index (χ1) is 21.3. The number of nitrogens with one attached hydrogen (secondary N) is 1. The molecule has 46 heavy (non-hydrogen) atoms. The normalized spacial score (nSPS) is 20.6. The van der Waals surface area contributed by atoms with E-state index >= 15 is 0 Å². The zero-order valence-corrected chi connectivity index (χ0v) is 29.8. The smallest absolute Gasteiger partial charge is 0.408 e. The molecule has 1 unspecified atom stereocenters. The van der Waals surface area contributed by atoms with Gasteiger partial charge in [0, 0.05) is 19.4 Å². The fourth-order valence-corrected chi connectivity index (χ4v) is 7.89. The molecule has 0 amide bonds. The fourth-order valence-electron chi connectivity index (χ4n) is 4.17. The molecule has 0 bridgehead atoms. The van der Waals surface area contributed by atoms with Gasteiger partial charge in [-0.15, -0.1) is 0 Å². The van der Waals surface area contributed by atoms with E-state index in [0.29, 0.717) is 6.29 Å². The van der Waals surface area contributed by atoms with E-state index in [1.165, 1.54) is 19.2 Å². The van der Waals surface area contributed by atoms with Crippen LogP contribution in [0.15, 0.2) is 44.9 Å². The Balaban J connectivity index is 1.80. The number of benzene rings is 1. The Morgan fingerprint density at radius 3 is 2.43 bits per heavy atom. The summed E-state index contributed by atoms with van der Waals surface area (Å²) in [5.41, 5.74) is -1.18. The summed E-state index contributed by atoms with van der Waals surface area (Å²) in [6, 6.07) is 6.09. The monoisotopic (exact) mass is 707 g/mol. The summed E-state index contributed by atoms with van der Waals surface area (Å²) < 4.78 is 84.5. The van der Waals surface area contributed by atoms with Crippen LogP contribution in [0.3, 0.4) is 0 Å². The standard InChI is InChI=1S/C28H43FN3O11PSSi/c1-20-9-11-21(12-10-20)45(37,38)41-16-13-31(5)44(36,39-15-8-14-33)40-19-24-23(43-46(6,7)28(2,3)4)17-25(42-24)32-18-22(29)26(34)30-27(32)35/h9-12,14,18,23-25H,8,13,15-17,19H2,1-7H3,(H,30,34,35)/t23-,24+,25+,44?/m0/s1. The molecule has 0 radical (unpaired) electrons. The maximum Gasteiger partial charge on any atom is 0.408 e. The van der Waals surface area contributed by atoms with Crippen LogP contribution in [0.2, 0.25) is 18.1 Å². The van der Waals surface area contributed by atoms with E-state index < -0.39 is 68.3 Å². The number of aryl methyl sites for hydroxylation is 1. The Morgan fingerprint density at radius 2 is 1.83 bits per heavy atom. The second-order valence-electron chi connectivity index (χ2n) is 12.4. The Morgan fingerprint density at radius 1 is 1.17 bits per heavy atom. The van der Waals surface area contributed by atoms with Crippen LogP contribution in [-0.2, 0) is 41.9 Å². The quantitative estimate of drug-likeness (QED) is 0.0883. The first-order valence-corrected chi connectivity index (χ1v) is 20.5. The maximum atomic E-state index is 14.1. The first-order valence-electron chi connectivity index (χ1n) is 14.6. The molecule has 0 saturated carbocycles. The predicted octanol–water partition coefficient (Wildman–Crippen LogP) is 3.73. The molecule has 1 N–H and O–H groups in total. The molecule has 1 fully saturated rings. The third-order valence-electron chi connectivity index (χ3n) is 7.94. The average Bonchev–Trinajstić information content (AvgIpc) is 3.35. The molecule has 258 valence electrons. The van der Waals surface area contributed by atoms with Crippen molar-refractivity contribution in [1.82, 2.24) is 14.2 Å². The van der Waals surface area contributed by atoms with E-state index in [1.54, 1.807) is 12.1 Å². The van der Waals surface area contributed by atoms with E-state index in [-0.39, 0.29) is 42.5 Å². The molecular formula is C28H43FN3O11PSSi. The van der Waals surface area contributed by atoms with Crippen molar-refractivity contribution in [2.45, 2.75) is 82.0 Å². The number of halogens is 1. The van der Waals surface area contributed by atoms with E-state index in [0.717, 1.165) is 21.0 Å². The molecule has 0 spiro atoms. The molecule has 4 atom stereocenters. The average molecular weight is 708 g/mol. The second kappa shape index (κ2) is 15.3. The highest BCUT2D eigenvalue weighted by Gasteiger charge is 2.46. The van der Waals surface area contributed by atoms with Crippen molar-refractivity contribution in [1.29, 1.82) is 0 Å². The number of carbonyl (C=O) groups is 1. The topological polar surface area (TPSA) is 173 Å². The molecule has 1 aromatic carbocycles. The maximum absolute atomic E-state index is 14.1. The number of H-pyrrole nitrogens is 1. The number of hydrogen-bond acceptors (Lipinski definition) is 11. The lowest BCUT2D eigenvalue weighted by Gasteiger charge is -2.39. The molecule has 1 saturated heterocycles. The number of carbonyl (C=O) groups excluding carboxylic acids is 1. The van der Waals surface area contributed by atoms with Gasteiger partial charge >= 0.3 is 13.4 Å². The molecule has 1 aromatic heterocycles. The van der Waals surface area contributed by atoms with E-state index in [9.17, 15) is 31.8 Å². The van der Waals surface area contributed by atoms with Crippen molar-refractivity contribution >= 4 is 32.5 Å². The van der Waals surface area contributed by atoms with Crippen molar-refractivity contribution in [3.05, 3.63) is 62.7 Å². The first kappa shape index (κ1) is 38.1. The molecule has 14 nitrogen and oxygen atoms in total. The van der Waals surface area contributed by atoms with Crippen molar-refractivity contribution < 1.29 is 44.6 Å². The summed E-state index contributed by atoms with van der Waals surface area (Å²) in [6.45, 7) is 10.7. The van der Waals surface area contributed by atoms with Crippen LogP contribution in [0.25, 0.3) is 0 Å². The zero-order valence-electron chi connectivity index (χ0n) is 27.1. The van der Waals surface area contributed by atoms with Gasteiger partial charge in [-0.2, -0.15) is 12.8 Å². The Labute approximate surface area is 269 Å². The number of aromatic amines is 1. The molecule has 1 aliphatic rings. The minimum atomic E-state index is -4.18. The van der Waals surface area contributed by atoms with Crippen LogP contribution in [0, 0.1) is 12.7 Å². The van der Waals surface area contributed by atoms with Gasteiger partial charge in [0.05, 0.1) is 37.0 Å². The summed E-state index contributed by atoms with van der Waals surface area (Å²) in [5, 5.41) is -0.218. The molecule has 2 aromatic rings. The Hall–Kier alpha value is -2.34. The summed E-state index contributed by atoms with van der Waals surface area (Å²) in [4.78, 5) is 36.9. The Kier molecular flexibility index (Phi) is 12.6. The number of hydrogen-bond donors (Lipinski definition) is 1. The lowest BCUT2D eigenvalue weighted by Crippen LogP contribution is -2.46. The SMILES string of the molecule is Cc1ccc(S(=O)(=O)OCCN(C)P(=O)(OCCC=O)OC[C@H]2O[C@@H](n3cc(F)c(=O)[nH]c3=O)C[C@@H]2O[Si](C)(C)C(C)(C)C)cc1. The van der Waals surface area contributed by atoms with Gasteiger partial charge in [0.2, 0.25) is 5.82 Å². The highest BCUT2D eigenvalue weighted by molar-refractivity contribution is 7.86. The van der Waals surface area contributed by atoms with Gasteiger partial charge in [0.25, 0.3) is 15.7 Å². The molecular weight excluding hydrogens is 664 g/mol. The third-order valence-corrected chi connectivity index (χ3v) is 15.8. The minimum absolute atomic E-state index is 0.0374. The van der Waals surface area contributed by atoms with Gasteiger partial charge in [-0.05, 0) is 44.2 Å². The van der Waals surface area contributed by atoms with Crippen molar-refractivity contribution in [3.8, 4) is 0 Å². The summed E-state index contributed by atoms with van der Waals surface area (Å²) in [6.07, 6.45) is -1.32. The predicted molar refractivity (Wildman–Crippen MR) is 169 cm³/mol. The second-order valence-corrected chi connectivity index (χ2v) is 21.0. The third kappa shape index (κ3) is 9.61. The highest BCUT2D eigenvalue weighted by atomic mass is 32.2. The number of rotatable bonds is 16. The number of aldehydes is 1. The summed E-state index contributed by atoms with van der Waals surface area (Å²) >= 11 is 0. The fraction of sp³-hybridized carbons (Fsp3) is 0.607. The van der Waals surface area contributed by atoms with Crippen molar-refractivity contribution in [2.75, 3.05) is 33.4 Å². The summed E-state index contributed by atoms with van der Waals surface area (Å²) in [7, 11) is -9.34. The minimum Gasteiger partial charge on any atom is -0.411 e. The van der Waals surface area contributed by atoms with Crippen LogP contribution in [-0.4, -0.2) is 82.9 Å². The summed E-state index contributed by atoms with van der Waals surface area (Å²) in [5.74, 6) is -1.17. The lowest BCUT2D eigenvalue weighted by atomic mass is 10.2. The van der Waals surface area contributed by atoms with Gasteiger partial charge in [-0.25, -0.2) is 14.0 Å². The number of ether oxygens (including phenoxy) is 1. The Bertz CT molecular complexity index is 1630. The highest BCUT2D eigenvalue weighted by Crippen LogP contribution is 2.52. The van der Waals surface area contributed by atoms with Gasteiger partial charge < -0.3 is 14.0 Å². The lowest BCUT2D eigenvalue weighted by molar-refractivity contribution is -0.108. The van der Waals surface area contributed by atoms with Gasteiger partial charge in [-0.1, -0.05) is 38.5 Å². The van der Waals surface area contributed by atoms with Crippen LogP contribution in [0.1, 0.15) is 45.4 Å². The molecule has 18 heteroatoms. The number of aromatic nitrogens is 2. The molecule has 3 rings (SSSR count).